The van der Waals surface area contributed by atoms with Gasteiger partial charge in [-0.05, 0) is 44.0 Å². The fourth-order valence-corrected chi connectivity index (χ4v) is 1.54. The van der Waals surface area contributed by atoms with Crippen molar-refractivity contribution in [3.63, 3.8) is 0 Å². The van der Waals surface area contributed by atoms with Crippen molar-refractivity contribution in [3.05, 3.63) is 35.4 Å². The van der Waals surface area contributed by atoms with E-state index in [4.69, 9.17) is 5.73 Å². The lowest BCUT2D eigenvalue weighted by Gasteiger charge is -2.09. The van der Waals surface area contributed by atoms with Crippen LogP contribution in [0.3, 0.4) is 0 Å². The maximum absolute atomic E-state index is 12.3. The fourth-order valence-electron chi connectivity index (χ4n) is 1.54. The van der Waals surface area contributed by atoms with Gasteiger partial charge in [0.1, 0.15) is 0 Å². The van der Waals surface area contributed by atoms with E-state index in [9.17, 15) is 18.0 Å². The van der Waals surface area contributed by atoms with Crippen LogP contribution < -0.4 is 11.1 Å². The van der Waals surface area contributed by atoms with Crippen molar-refractivity contribution >= 4 is 5.91 Å². The first-order chi connectivity index (χ1) is 8.80. The minimum Gasteiger partial charge on any atom is -0.352 e. The van der Waals surface area contributed by atoms with Crippen molar-refractivity contribution in [1.82, 2.24) is 5.32 Å². The van der Waals surface area contributed by atoms with Gasteiger partial charge in [0.25, 0.3) is 5.91 Å². The van der Waals surface area contributed by atoms with Gasteiger partial charge in [-0.2, -0.15) is 13.2 Å². The van der Waals surface area contributed by atoms with Crippen LogP contribution >= 0.6 is 0 Å². The molecule has 0 saturated heterocycles. The first-order valence-electron chi connectivity index (χ1n) is 6.01. The van der Waals surface area contributed by atoms with Gasteiger partial charge >= 0.3 is 6.18 Å². The molecule has 3 nitrogen and oxygen atoms in total. The standard InChI is InChI=1S/C13H17F3N2O/c1-9(17)3-2-8-18-12(19)10-4-6-11(7-5-10)13(14,15)16/h4-7,9H,2-3,8,17H2,1H3,(H,18,19). The quantitative estimate of drug-likeness (QED) is 0.811. The van der Waals surface area contributed by atoms with Gasteiger partial charge in [0.2, 0.25) is 0 Å². The van der Waals surface area contributed by atoms with Crippen LogP contribution in [0.2, 0.25) is 0 Å². The molecule has 19 heavy (non-hydrogen) atoms. The second-order valence-corrected chi connectivity index (χ2v) is 4.45. The van der Waals surface area contributed by atoms with Crippen molar-refractivity contribution in [2.45, 2.75) is 32.0 Å². The molecule has 3 N–H and O–H groups in total. The van der Waals surface area contributed by atoms with E-state index in [1.165, 1.54) is 12.1 Å². The molecular weight excluding hydrogens is 257 g/mol. The highest BCUT2D eigenvalue weighted by Gasteiger charge is 2.30. The predicted octanol–water partition coefficient (Wildman–Crippen LogP) is 2.56. The molecular formula is C13H17F3N2O. The molecule has 6 heteroatoms. The summed E-state index contributed by atoms with van der Waals surface area (Å²) in [5.41, 5.74) is 5.01. The molecule has 0 spiro atoms. The summed E-state index contributed by atoms with van der Waals surface area (Å²) in [6, 6.07) is 4.21. The van der Waals surface area contributed by atoms with Crippen molar-refractivity contribution in [2.24, 2.45) is 5.73 Å². The molecule has 0 aliphatic heterocycles. The van der Waals surface area contributed by atoms with Gasteiger partial charge in [0.05, 0.1) is 5.56 Å². The Morgan fingerprint density at radius 2 is 1.89 bits per heavy atom. The first-order valence-corrected chi connectivity index (χ1v) is 6.01. The summed E-state index contributed by atoms with van der Waals surface area (Å²) in [4.78, 5) is 11.6. The van der Waals surface area contributed by atoms with Crippen molar-refractivity contribution in [1.29, 1.82) is 0 Å². The topological polar surface area (TPSA) is 55.1 Å². The Morgan fingerprint density at radius 3 is 2.37 bits per heavy atom. The van der Waals surface area contributed by atoms with Gasteiger partial charge in [-0.25, -0.2) is 0 Å². The largest absolute Gasteiger partial charge is 0.416 e. The number of nitrogens with one attached hydrogen (secondary N) is 1. The number of alkyl halides is 3. The van der Waals surface area contributed by atoms with Crippen molar-refractivity contribution in [3.8, 4) is 0 Å². The molecule has 1 aromatic carbocycles. The summed E-state index contributed by atoms with van der Waals surface area (Å²) in [7, 11) is 0. The molecule has 0 aliphatic rings. The Hall–Kier alpha value is -1.56. The van der Waals surface area contributed by atoms with Crippen LogP contribution in [0.4, 0.5) is 13.2 Å². The van der Waals surface area contributed by atoms with Gasteiger partial charge in [-0.1, -0.05) is 0 Å². The molecule has 0 fully saturated rings. The molecule has 0 radical (unpaired) electrons. The van der Waals surface area contributed by atoms with Gasteiger partial charge in [0.15, 0.2) is 0 Å². The fraction of sp³-hybridized carbons (Fsp3) is 0.462. The number of halogens is 3. The van der Waals surface area contributed by atoms with E-state index in [2.05, 4.69) is 5.32 Å². The average Bonchev–Trinajstić information content (AvgIpc) is 2.33. The molecule has 1 amide bonds. The van der Waals surface area contributed by atoms with E-state index >= 15 is 0 Å². The first kappa shape index (κ1) is 15.5. The van der Waals surface area contributed by atoms with E-state index in [0.29, 0.717) is 6.54 Å². The van der Waals surface area contributed by atoms with Crippen LogP contribution in [0.25, 0.3) is 0 Å². The molecule has 0 aromatic heterocycles. The Balaban J connectivity index is 2.49. The van der Waals surface area contributed by atoms with Crippen molar-refractivity contribution in [2.75, 3.05) is 6.54 Å². The van der Waals surface area contributed by atoms with E-state index in [0.717, 1.165) is 25.0 Å². The molecule has 0 bridgehead atoms. The zero-order valence-electron chi connectivity index (χ0n) is 10.6. The Morgan fingerprint density at radius 1 is 1.32 bits per heavy atom. The van der Waals surface area contributed by atoms with E-state index in [1.807, 2.05) is 6.92 Å². The van der Waals surface area contributed by atoms with Gasteiger partial charge in [-0.15, -0.1) is 0 Å². The van der Waals surface area contributed by atoms with E-state index in [1.54, 1.807) is 0 Å². The Kier molecular flexibility index (Phi) is 5.35. The zero-order valence-corrected chi connectivity index (χ0v) is 10.6. The zero-order chi connectivity index (χ0) is 14.5. The molecule has 1 aromatic rings. The molecule has 106 valence electrons. The van der Waals surface area contributed by atoms with Gasteiger partial charge in [-0.3, -0.25) is 4.79 Å². The number of amides is 1. The second-order valence-electron chi connectivity index (χ2n) is 4.45. The summed E-state index contributed by atoms with van der Waals surface area (Å²) in [6.07, 6.45) is -2.86. The Labute approximate surface area is 110 Å². The van der Waals surface area contributed by atoms with Crippen LogP contribution in [-0.2, 0) is 6.18 Å². The van der Waals surface area contributed by atoms with Gasteiger partial charge in [0, 0.05) is 18.2 Å². The summed E-state index contributed by atoms with van der Waals surface area (Å²) < 4.78 is 37.0. The molecule has 1 rings (SSSR count). The van der Waals surface area contributed by atoms with Crippen LogP contribution in [0, 0.1) is 0 Å². The number of hydrogen-bond acceptors (Lipinski definition) is 2. The van der Waals surface area contributed by atoms with Crippen molar-refractivity contribution < 1.29 is 18.0 Å². The van der Waals surface area contributed by atoms with E-state index in [-0.39, 0.29) is 17.5 Å². The number of rotatable bonds is 5. The summed E-state index contributed by atoms with van der Waals surface area (Å²) >= 11 is 0. The monoisotopic (exact) mass is 274 g/mol. The third kappa shape index (κ3) is 5.30. The number of nitrogens with two attached hydrogens (primary N) is 1. The highest BCUT2D eigenvalue weighted by Crippen LogP contribution is 2.28. The smallest absolute Gasteiger partial charge is 0.352 e. The lowest BCUT2D eigenvalue weighted by Crippen LogP contribution is -2.26. The highest BCUT2D eigenvalue weighted by atomic mass is 19.4. The number of carbonyl (C=O) groups is 1. The number of benzene rings is 1. The SMILES string of the molecule is CC(N)CCCNC(=O)c1ccc(C(F)(F)F)cc1. The lowest BCUT2D eigenvalue weighted by atomic mass is 10.1. The normalized spacial score (nSPS) is 13.1. The molecule has 0 aliphatic carbocycles. The third-order valence-corrected chi connectivity index (χ3v) is 2.60. The molecule has 1 unspecified atom stereocenters. The van der Waals surface area contributed by atoms with Gasteiger partial charge < -0.3 is 11.1 Å². The third-order valence-electron chi connectivity index (χ3n) is 2.60. The Bertz CT molecular complexity index is 413. The van der Waals surface area contributed by atoms with Crippen LogP contribution in [-0.4, -0.2) is 18.5 Å². The maximum atomic E-state index is 12.3. The predicted molar refractivity (Wildman–Crippen MR) is 66.7 cm³/mol. The number of carbonyl (C=O) groups excluding carboxylic acids is 1. The van der Waals surface area contributed by atoms with Crippen LogP contribution in [0.1, 0.15) is 35.7 Å². The average molecular weight is 274 g/mol. The van der Waals surface area contributed by atoms with Crippen LogP contribution in [0.5, 0.6) is 0 Å². The molecule has 1 atom stereocenters. The van der Waals surface area contributed by atoms with E-state index < -0.39 is 11.7 Å². The lowest BCUT2D eigenvalue weighted by molar-refractivity contribution is -0.137. The molecule has 0 saturated carbocycles. The number of hydrogen-bond donors (Lipinski definition) is 2. The minimum atomic E-state index is -4.38. The maximum Gasteiger partial charge on any atom is 0.416 e. The second kappa shape index (κ2) is 6.56. The summed E-state index contributed by atoms with van der Waals surface area (Å²) in [5, 5.41) is 2.64. The summed E-state index contributed by atoms with van der Waals surface area (Å²) in [6.45, 7) is 2.33. The van der Waals surface area contributed by atoms with Crippen LogP contribution in [0.15, 0.2) is 24.3 Å². The summed E-state index contributed by atoms with van der Waals surface area (Å²) in [5.74, 6) is -0.376. The minimum absolute atomic E-state index is 0.0722. The highest BCUT2D eigenvalue weighted by molar-refractivity contribution is 5.94. The molecule has 0 heterocycles.